The summed E-state index contributed by atoms with van der Waals surface area (Å²) >= 11 is 6.17. The van der Waals surface area contributed by atoms with Crippen molar-refractivity contribution >= 4 is 29.2 Å². The highest BCUT2D eigenvalue weighted by Crippen LogP contribution is 2.27. The molecule has 1 aliphatic rings. The van der Waals surface area contributed by atoms with Crippen molar-refractivity contribution < 1.29 is 19.4 Å². The number of aliphatic hydroxyl groups excluding tert-OH is 1. The first-order valence-electron chi connectivity index (χ1n) is 8.96. The van der Waals surface area contributed by atoms with Crippen molar-refractivity contribution in [2.75, 3.05) is 37.6 Å². The molecule has 1 aliphatic heterocycles. The number of aromatic nitrogens is 2. The van der Waals surface area contributed by atoms with Crippen LogP contribution in [0, 0.1) is 0 Å². The molecule has 1 atom stereocenters. The van der Waals surface area contributed by atoms with Crippen LogP contribution in [0.5, 0.6) is 5.75 Å². The smallest absolute Gasteiger partial charge is 0.360 e. The third-order valence-electron chi connectivity index (χ3n) is 4.70. The molecule has 3 rings (SSSR count). The zero-order valence-corrected chi connectivity index (χ0v) is 16.6. The predicted molar refractivity (Wildman–Crippen MR) is 106 cm³/mol. The molecule has 2 N–H and O–H groups in total. The number of aliphatic hydroxyl groups is 1. The minimum Gasteiger partial charge on any atom is -0.495 e. The summed E-state index contributed by atoms with van der Waals surface area (Å²) in [5.41, 5.74) is 0.994. The number of ether oxygens (including phenoxy) is 2. The summed E-state index contributed by atoms with van der Waals surface area (Å²) < 4.78 is 9.97. The Morgan fingerprint density at radius 3 is 2.93 bits per heavy atom. The van der Waals surface area contributed by atoms with Crippen LogP contribution in [0.2, 0.25) is 5.02 Å². The molecule has 28 heavy (non-hydrogen) atoms. The standard InChI is InChI=1S/C19H23ClN4O4/c1-27-15-6-5-12(8-14(15)20)9-22-18-17(19(26)28-2)21-10-16(23-18)24-7-3-4-13(24)11-25/h5-6,8,10,13,25H,3-4,7,9,11H2,1-2H3,(H,22,23)/t13-/m0/s1. The topological polar surface area (TPSA) is 96.8 Å². The zero-order valence-electron chi connectivity index (χ0n) is 15.8. The van der Waals surface area contributed by atoms with E-state index in [1.165, 1.54) is 13.3 Å². The van der Waals surface area contributed by atoms with Gasteiger partial charge in [-0.25, -0.2) is 14.8 Å². The Balaban J connectivity index is 1.85. The minimum atomic E-state index is -0.575. The fourth-order valence-corrected chi connectivity index (χ4v) is 3.50. The number of carbonyl (C=O) groups is 1. The number of hydrogen-bond acceptors (Lipinski definition) is 8. The van der Waals surface area contributed by atoms with Gasteiger partial charge in [-0.3, -0.25) is 0 Å². The SMILES string of the molecule is COC(=O)c1ncc(N2CCC[C@H]2CO)nc1NCc1ccc(OC)c(Cl)c1. The van der Waals surface area contributed by atoms with Crippen LogP contribution < -0.4 is 15.0 Å². The van der Waals surface area contributed by atoms with Gasteiger partial charge in [0, 0.05) is 13.1 Å². The average Bonchev–Trinajstić information content (AvgIpc) is 3.20. The first-order valence-corrected chi connectivity index (χ1v) is 9.34. The van der Waals surface area contributed by atoms with Gasteiger partial charge < -0.3 is 24.8 Å². The number of nitrogens with zero attached hydrogens (tertiary/aromatic N) is 3. The quantitative estimate of drug-likeness (QED) is 0.677. The third kappa shape index (κ3) is 4.28. The summed E-state index contributed by atoms with van der Waals surface area (Å²) in [4.78, 5) is 22.9. The van der Waals surface area contributed by atoms with Crippen LogP contribution in [-0.2, 0) is 11.3 Å². The summed E-state index contributed by atoms with van der Waals surface area (Å²) in [5, 5.41) is 13.2. The molecule has 9 heteroatoms. The number of methoxy groups -OCH3 is 2. The lowest BCUT2D eigenvalue weighted by Crippen LogP contribution is -2.33. The molecule has 8 nitrogen and oxygen atoms in total. The molecule has 1 aromatic heterocycles. The third-order valence-corrected chi connectivity index (χ3v) is 4.99. The van der Waals surface area contributed by atoms with Crippen LogP contribution >= 0.6 is 11.6 Å². The molecule has 2 heterocycles. The summed E-state index contributed by atoms with van der Waals surface area (Å²) in [7, 11) is 2.86. The van der Waals surface area contributed by atoms with E-state index in [1.54, 1.807) is 19.2 Å². The highest BCUT2D eigenvalue weighted by molar-refractivity contribution is 6.32. The lowest BCUT2D eigenvalue weighted by atomic mass is 10.2. The van der Waals surface area contributed by atoms with Gasteiger partial charge in [0.05, 0.1) is 38.1 Å². The number of halogens is 1. The maximum absolute atomic E-state index is 12.1. The number of rotatable bonds is 7. The average molecular weight is 407 g/mol. The summed E-state index contributed by atoms with van der Waals surface area (Å²) in [6.45, 7) is 1.22. The lowest BCUT2D eigenvalue weighted by molar-refractivity contribution is 0.0595. The monoisotopic (exact) mass is 406 g/mol. The number of benzene rings is 1. The van der Waals surface area contributed by atoms with Crippen LogP contribution in [0.3, 0.4) is 0 Å². The van der Waals surface area contributed by atoms with Gasteiger partial charge in [-0.2, -0.15) is 0 Å². The molecule has 0 amide bonds. The van der Waals surface area contributed by atoms with Crippen molar-refractivity contribution in [3.05, 3.63) is 40.7 Å². The van der Waals surface area contributed by atoms with Gasteiger partial charge >= 0.3 is 5.97 Å². The maximum Gasteiger partial charge on any atom is 0.360 e. The van der Waals surface area contributed by atoms with Gasteiger partial charge in [0.2, 0.25) is 0 Å². The van der Waals surface area contributed by atoms with E-state index in [2.05, 4.69) is 15.3 Å². The Kier molecular flexibility index (Phi) is 6.53. The van der Waals surface area contributed by atoms with E-state index in [-0.39, 0.29) is 18.3 Å². The van der Waals surface area contributed by atoms with Crippen molar-refractivity contribution in [2.24, 2.45) is 0 Å². The van der Waals surface area contributed by atoms with Crippen LogP contribution in [0.1, 0.15) is 28.9 Å². The highest BCUT2D eigenvalue weighted by atomic mass is 35.5. The second-order valence-electron chi connectivity index (χ2n) is 6.41. The molecular weight excluding hydrogens is 384 g/mol. The van der Waals surface area contributed by atoms with Crippen molar-refractivity contribution in [2.45, 2.75) is 25.4 Å². The second kappa shape index (κ2) is 9.07. The molecule has 0 bridgehead atoms. The van der Waals surface area contributed by atoms with Crippen molar-refractivity contribution in [1.29, 1.82) is 0 Å². The Morgan fingerprint density at radius 1 is 1.43 bits per heavy atom. The van der Waals surface area contributed by atoms with E-state index < -0.39 is 5.97 Å². The molecule has 0 spiro atoms. The van der Waals surface area contributed by atoms with Crippen LogP contribution in [0.15, 0.2) is 24.4 Å². The van der Waals surface area contributed by atoms with Crippen LogP contribution in [0.4, 0.5) is 11.6 Å². The fraction of sp³-hybridized carbons (Fsp3) is 0.421. The number of esters is 1. The van der Waals surface area contributed by atoms with Gasteiger partial charge in [0.15, 0.2) is 11.5 Å². The Bertz CT molecular complexity index is 849. The minimum absolute atomic E-state index is 0.00604. The van der Waals surface area contributed by atoms with Gasteiger partial charge in [0.25, 0.3) is 0 Å². The summed E-state index contributed by atoms with van der Waals surface area (Å²) in [6.07, 6.45) is 3.40. The van der Waals surface area contributed by atoms with Crippen molar-refractivity contribution in [3.8, 4) is 5.75 Å². The number of hydrogen-bond donors (Lipinski definition) is 2. The van der Waals surface area contributed by atoms with E-state index in [1.807, 2.05) is 11.0 Å². The first kappa shape index (κ1) is 20.2. The van der Waals surface area contributed by atoms with Crippen LogP contribution in [-0.4, -0.2) is 54.5 Å². The zero-order chi connectivity index (χ0) is 20.1. The van der Waals surface area contributed by atoms with E-state index >= 15 is 0 Å². The molecule has 150 valence electrons. The predicted octanol–water partition coefficient (Wildman–Crippen LogP) is 2.50. The van der Waals surface area contributed by atoms with Crippen molar-refractivity contribution in [3.63, 3.8) is 0 Å². The number of carbonyl (C=O) groups excluding carboxylic acids is 1. The normalized spacial score (nSPS) is 16.1. The number of anilines is 2. The van der Waals surface area contributed by atoms with E-state index in [0.717, 1.165) is 24.9 Å². The molecule has 0 saturated carbocycles. The van der Waals surface area contributed by atoms with Crippen LogP contribution in [0.25, 0.3) is 0 Å². The van der Waals surface area contributed by atoms with Gasteiger partial charge in [-0.15, -0.1) is 0 Å². The van der Waals surface area contributed by atoms with Gasteiger partial charge in [-0.05, 0) is 30.5 Å². The van der Waals surface area contributed by atoms with E-state index in [0.29, 0.717) is 29.0 Å². The number of nitrogens with one attached hydrogen (secondary N) is 1. The Morgan fingerprint density at radius 2 is 2.25 bits per heavy atom. The van der Waals surface area contributed by atoms with E-state index in [9.17, 15) is 9.90 Å². The largest absolute Gasteiger partial charge is 0.495 e. The molecule has 0 unspecified atom stereocenters. The second-order valence-corrected chi connectivity index (χ2v) is 6.82. The Hall–Kier alpha value is -2.58. The highest BCUT2D eigenvalue weighted by Gasteiger charge is 2.27. The fourth-order valence-electron chi connectivity index (χ4n) is 3.22. The molecule has 2 aromatic rings. The van der Waals surface area contributed by atoms with E-state index in [4.69, 9.17) is 21.1 Å². The van der Waals surface area contributed by atoms with Gasteiger partial charge in [0.1, 0.15) is 11.6 Å². The molecule has 0 radical (unpaired) electrons. The maximum atomic E-state index is 12.1. The molecule has 1 saturated heterocycles. The molecular formula is C19H23ClN4O4. The first-order chi connectivity index (χ1) is 13.6. The van der Waals surface area contributed by atoms with Crippen molar-refractivity contribution in [1.82, 2.24) is 9.97 Å². The molecule has 1 fully saturated rings. The van der Waals surface area contributed by atoms with Gasteiger partial charge in [-0.1, -0.05) is 17.7 Å². The molecule has 1 aromatic carbocycles. The Labute approximate surface area is 168 Å². The lowest BCUT2D eigenvalue weighted by Gasteiger charge is -2.24. The summed E-state index contributed by atoms with van der Waals surface area (Å²) in [6, 6.07) is 5.44. The molecule has 0 aliphatic carbocycles. The summed E-state index contributed by atoms with van der Waals surface area (Å²) in [5.74, 6) is 0.945.